The summed E-state index contributed by atoms with van der Waals surface area (Å²) in [5.74, 6) is -0.304. The zero-order chi connectivity index (χ0) is 21.8. The summed E-state index contributed by atoms with van der Waals surface area (Å²) in [7, 11) is 0. The van der Waals surface area contributed by atoms with Crippen LogP contribution in [0.25, 0.3) is 0 Å². The van der Waals surface area contributed by atoms with Crippen LogP contribution in [0, 0.1) is 26.6 Å². The van der Waals surface area contributed by atoms with Gasteiger partial charge in [-0.3, -0.25) is 4.68 Å². The van der Waals surface area contributed by atoms with E-state index in [-0.39, 0.29) is 16.7 Å². The minimum Gasteiger partial charge on any atom is -0.433 e. The molecule has 0 bridgehead atoms. The van der Waals surface area contributed by atoms with Crippen molar-refractivity contribution in [3.63, 3.8) is 0 Å². The van der Waals surface area contributed by atoms with Gasteiger partial charge in [0.2, 0.25) is 0 Å². The Balaban J connectivity index is 1.75. The van der Waals surface area contributed by atoms with Crippen LogP contribution in [-0.4, -0.2) is 21.5 Å². The summed E-state index contributed by atoms with van der Waals surface area (Å²) in [5, 5.41) is 10.6. The number of benzene rings is 2. The number of ether oxygens (including phenoxy) is 1. The number of nitrogens with zero attached hydrogens (tertiary/aromatic N) is 2. The van der Waals surface area contributed by atoms with Gasteiger partial charge < -0.3 is 15.4 Å². The fourth-order valence-corrected chi connectivity index (χ4v) is 3.25. The minimum atomic E-state index is -2.94. The smallest absolute Gasteiger partial charge is 0.387 e. The zero-order valence-corrected chi connectivity index (χ0v) is 17.5. The molecule has 0 aliphatic carbocycles. The molecule has 0 spiro atoms. The summed E-state index contributed by atoms with van der Waals surface area (Å²) in [6.45, 7) is 2.91. The molecular formula is C21H21F3N4OS. The van der Waals surface area contributed by atoms with Crippen molar-refractivity contribution in [1.82, 2.24) is 9.78 Å². The third-order valence-electron chi connectivity index (χ3n) is 4.44. The van der Waals surface area contributed by atoms with Crippen LogP contribution >= 0.6 is 12.2 Å². The van der Waals surface area contributed by atoms with Crippen molar-refractivity contribution in [2.24, 2.45) is 0 Å². The van der Waals surface area contributed by atoms with Crippen LogP contribution in [0.1, 0.15) is 22.5 Å². The first-order valence-corrected chi connectivity index (χ1v) is 9.55. The lowest BCUT2D eigenvalue weighted by atomic mass is 10.2. The average molecular weight is 434 g/mol. The van der Waals surface area contributed by atoms with Crippen molar-refractivity contribution in [3.8, 4) is 5.75 Å². The maximum absolute atomic E-state index is 13.4. The highest BCUT2D eigenvalue weighted by Gasteiger charge is 2.15. The van der Waals surface area contributed by atoms with Crippen molar-refractivity contribution < 1.29 is 17.9 Å². The molecule has 0 unspecified atom stereocenters. The third-order valence-corrected chi connectivity index (χ3v) is 4.65. The van der Waals surface area contributed by atoms with Crippen LogP contribution in [-0.2, 0) is 6.54 Å². The number of halogens is 3. The van der Waals surface area contributed by atoms with Gasteiger partial charge in [0.05, 0.1) is 29.3 Å². The van der Waals surface area contributed by atoms with Crippen molar-refractivity contribution in [1.29, 1.82) is 0 Å². The Labute approximate surface area is 177 Å². The van der Waals surface area contributed by atoms with E-state index < -0.39 is 6.61 Å². The number of hydrogen-bond acceptors (Lipinski definition) is 3. The zero-order valence-electron chi connectivity index (χ0n) is 16.7. The quantitative estimate of drug-likeness (QED) is 0.509. The van der Waals surface area contributed by atoms with E-state index in [1.165, 1.54) is 18.2 Å². The maximum Gasteiger partial charge on any atom is 0.387 e. The van der Waals surface area contributed by atoms with Gasteiger partial charge >= 0.3 is 6.61 Å². The van der Waals surface area contributed by atoms with Gasteiger partial charge in [-0.25, -0.2) is 4.39 Å². The summed E-state index contributed by atoms with van der Waals surface area (Å²) in [5.41, 5.74) is 4.06. The molecule has 1 aromatic heterocycles. The second-order valence-corrected chi connectivity index (χ2v) is 7.20. The highest BCUT2D eigenvalue weighted by Crippen LogP contribution is 2.28. The molecule has 1 heterocycles. The largest absolute Gasteiger partial charge is 0.433 e. The van der Waals surface area contributed by atoms with Gasteiger partial charge in [0.15, 0.2) is 5.11 Å². The van der Waals surface area contributed by atoms with Gasteiger partial charge in [-0.15, -0.1) is 0 Å². The van der Waals surface area contributed by atoms with E-state index in [0.717, 1.165) is 16.8 Å². The van der Waals surface area contributed by atoms with Gasteiger partial charge in [-0.1, -0.05) is 18.2 Å². The Bertz CT molecular complexity index is 1070. The number of aryl methyl sites for hydroxylation is 2. The fraction of sp³-hybridized carbons (Fsp3) is 0.238. The predicted molar refractivity (Wildman–Crippen MR) is 115 cm³/mol. The lowest BCUT2D eigenvalue weighted by Crippen LogP contribution is -2.21. The van der Waals surface area contributed by atoms with E-state index in [1.807, 2.05) is 19.9 Å². The van der Waals surface area contributed by atoms with E-state index in [1.54, 1.807) is 29.8 Å². The lowest BCUT2D eigenvalue weighted by molar-refractivity contribution is -0.0493. The molecule has 9 heteroatoms. The molecule has 3 rings (SSSR count). The molecule has 0 atom stereocenters. The summed E-state index contributed by atoms with van der Waals surface area (Å²) in [6.07, 6.45) is 0. The molecule has 3 aromatic rings. The number of aromatic nitrogens is 2. The first kappa shape index (κ1) is 21.6. The van der Waals surface area contributed by atoms with Crippen LogP contribution in [0.3, 0.4) is 0 Å². The number of thiocarbonyl (C=S) groups is 1. The molecular weight excluding hydrogens is 413 g/mol. The molecule has 2 aromatic carbocycles. The molecule has 0 amide bonds. The second-order valence-electron chi connectivity index (χ2n) is 6.79. The average Bonchev–Trinajstić information content (AvgIpc) is 2.91. The highest BCUT2D eigenvalue weighted by molar-refractivity contribution is 7.80. The molecule has 0 saturated carbocycles. The molecule has 0 aliphatic rings. The Morgan fingerprint density at radius 3 is 2.60 bits per heavy atom. The van der Waals surface area contributed by atoms with Gasteiger partial charge in [0.1, 0.15) is 11.6 Å². The van der Waals surface area contributed by atoms with Crippen molar-refractivity contribution in [2.75, 3.05) is 10.6 Å². The number of rotatable bonds is 6. The standard InChI is InChI=1S/C21H21F3N4OS/c1-12-7-8-17(18(9-12)29-20(23)24)25-21(30)26-19-13(2)27-28(14(19)3)11-15-5-4-6-16(22)10-15/h4-10,20H,11H2,1-3H3,(H2,25,26,30). The Hall–Kier alpha value is -3.07. The first-order chi connectivity index (χ1) is 14.2. The second kappa shape index (κ2) is 9.17. The highest BCUT2D eigenvalue weighted by atomic mass is 32.1. The third kappa shape index (κ3) is 5.29. The first-order valence-electron chi connectivity index (χ1n) is 9.15. The summed E-state index contributed by atoms with van der Waals surface area (Å²) in [4.78, 5) is 0. The molecule has 0 radical (unpaired) electrons. The fourth-order valence-electron chi connectivity index (χ4n) is 3.03. The molecule has 0 saturated heterocycles. The number of anilines is 2. The van der Waals surface area contributed by atoms with E-state index >= 15 is 0 Å². The topological polar surface area (TPSA) is 51.1 Å². The number of nitrogens with one attached hydrogen (secondary N) is 2. The van der Waals surface area contributed by atoms with Gasteiger partial charge in [-0.05, 0) is 68.4 Å². The van der Waals surface area contributed by atoms with Crippen LogP contribution in [0.2, 0.25) is 0 Å². The normalized spacial score (nSPS) is 10.9. The Morgan fingerprint density at radius 1 is 1.13 bits per heavy atom. The summed E-state index contributed by atoms with van der Waals surface area (Å²) >= 11 is 5.35. The van der Waals surface area contributed by atoms with Crippen LogP contribution in [0.15, 0.2) is 42.5 Å². The molecule has 5 nitrogen and oxygen atoms in total. The Kier molecular flexibility index (Phi) is 6.61. The molecule has 0 aliphatic heterocycles. The molecule has 158 valence electrons. The monoisotopic (exact) mass is 434 g/mol. The van der Waals surface area contributed by atoms with Gasteiger partial charge in [0.25, 0.3) is 0 Å². The van der Waals surface area contributed by atoms with Crippen molar-refractivity contribution in [3.05, 3.63) is 70.8 Å². The maximum atomic E-state index is 13.4. The predicted octanol–water partition coefficient (Wildman–Crippen LogP) is 5.41. The van der Waals surface area contributed by atoms with Crippen LogP contribution < -0.4 is 15.4 Å². The van der Waals surface area contributed by atoms with E-state index in [9.17, 15) is 13.2 Å². The summed E-state index contributed by atoms with van der Waals surface area (Å²) in [6, 6.07) is 11.2. The van der Waals surface area contributed by atoms with Gasteiger partial charge in [-0.2, -0.15) is 13.9 Å². The number of alkyl halides is 2. The summed E-state index contributed by atoms with van der Waals surface area (Å²) < 4.78 is 45.2. The van der Waals surface area contributed by atoms with E-state index in [0.29, 0.717) is 23.6 Å². The minimum absolute atomic E-state index is 0.00407. The lowest BCUT2D eigenvalue weighted by Gasteiger charge is -2.15. The molecule has 2 N–H and O–H groups in total. The molecule has 0 fully saturated rings. The van der Waals surface area contributed by atoms with Gasteiger partial charge in [0, 0.05) is 0 Å². The number of hydrogen-bond donors (Lipinski definition) is 2. The Morgan fingerprint density at radius 2 is 1.90 bits per heavy atom. The van der Waals surface area contributed by atoms with E-state index in [2.05, 4.69) is 20.5 Å². The van der Waals surface area contributed by atoms with Crippen molar-refractivity contribution in [2.45, 2.75) is 33.9 Å². The molecule has 30 heavy (non-hydrogen) atoms. The van der Waals surface area contributed by atoms with Crippen LogP contribution in [0.4, 0.5) is 24.5 Å². The SMILES string of the molecule is Cc1ccc(NC(=S)Nc2c(C)nn(Cc3cccc(F)c3)c2C)c(OC(F)F)c1. The van der Waals surface area contributed by atoms with Crippen LogP contribution in [0.5, 0.6) is 5.75 Å². The van der Waals surface area contributed by atoms with E-state index in [4.69, 9.17) is 12.2 Å². The van der Waals surface area contributed by atoms with Crippen molar-refractivity contribution >= 4 is 28.7 Å².